The molecule has 4 heterocycles. The molecule has 8 heteroatoms. The molecule has 0 spiro atoms. The van der Waals surface area contributed by atoms with Gasteiger partial charge < -0.3 is 9.84 Å². The van der Waals surface area contributed by atoms with Crippen molar-refractivity contribution in [3.05, 3.63) is 53.3 Å². The maximum atomic E-state index is 13.8. The summed E-state index contributed by atoms with van der Waals surface area (Å²) in [7, 11) is 0. The second-order valence-corrected chi connectivity index (χ2v) is 8.15. The van der Waals surface area contributed by atoms with Crippen LogP contribution in [-0.2, 0) is 11.3 Å². The summed E-state index contributed by atoms with van der Waals surface area (Å²) in [5.41, 5.74) is 2.41. The van der Waals surface area contributed by atoms with Gasteiger partial charge in [-0.2, -0.15) is 5.10 Å². The quantitative estimate of drug-likeness (QED) is 0.531. The molecule has 29 heavy (non-hydrogen) atoms. The Bertz CT molecular complexity index is 1170. The summed E-state index contributed by atoms with van der Waals surface area (Å²) in [4.78, 5) is 9.23. The summed E-state index contributed by atoms with van der Waals surface area (Å²) in [6, 6.07) is 10.7. The Hall–Kier alpha value is -2.81. The number of nitrogens with one attached hydrogen (secondary N) is 1. The number of thiophene rings is 1. The van der Waals surface area contributed by atoms with Gasteiger partial charge in [-0.15, -0.1) is 11.3 Å². The molecule has 1 aliphatic rings. The van der Waals surface area contributed by atoms with E-state index in [4.69, 9.17) is 4.74 Å². The van der Waals surface area contributed by atoms with Crippen LogP contribution >= 0.6 is 11.3 Å². The van der Waals surface area contributed by atoms with Crippen LogP contribution in [0.15, 0.2) is 42.6 Å². The Labute approximate surface area is 170 Å². The zero-order valence-electron chi connectivity index (χ0n) is 15.6. The Morgan fingerprint density at radius 1 is 1.21 bits per heavy atom. The number of hydrogen-bond acceptors (Lipinski definition) is 6. The van der Waals surface area contributed by atoms with Crippen molar-refractivity contribution in [1.29, 1.82) is 0 Å². The number of morpholine rings is 1. The fourth-order valence-electron chi connectivity index (χ4n) is 3.55. The molecule has 1 fully saturated rings. The van der Waals surface area contributed by atoms with Crippen molar-refractivity contribution < 1.29 is 14.2 Å². The van der Waals surface area contributed by atoms with E-state index >= 15 is 0 Å². The molecule has 5 rings (SSSR count). The number of phenols is 1. The zero-order chi connectivity index (χ0) is 19.8. The molecule has 1 aromatic carbocycles. The number of rotatable bonds is 4. The molecule has 0 unspecified atom stereocenters. The molecule has 0 aliphatic carbocycles. The molecule has 4 aromatic rings. The number of benzene rings is 1. The van der Waals surface area contributed by atoms with Crippen molar-refractivity contribution in [2.75, 3.05) is 26.3 Å². The molecule has 1 saturated heterocycles. The fourth-order valence-corrected chi connectivity index (χ4v) is 4.59. The van der Waals surface area contributed by atoms with Crippen molar-refractivity contribution >= 4 is 22.4 Å². The van der Waals surface area contributed by atoms with E-state index in [1.165, 1.54) is 10.9 Å². The SMILES string of the molecule is Oc1c(F)cccc1-c1[nH]nc2ncc(-c3ccc(CN4CCOCC4)s3)cc12. The summed E-state index contributed by atoms with van der Waals surface area (Å²) in [5, 5.41) is 17.9. The topological polar surface area (TPSA) is 74.3 Å². The van der Waals surface area contributed by atoms with Gasteiger partial charge in [0, 0.05) is 52.1 Å². The first-order valence-corrected chi connectivity index (χ1v) is 10.2. The van der Waals surface area contributed by atoms with Crippen LogP contribution in [0.5, 0.6) is 5.75 Å². The second-order valence-electron chi connectivity index (χ2n) is 6.98. The largest absolute Gasteiger partial charge is 0.504 e. The monoisotopic (exact) mass is 410 g/mol. The normalized spacial score (nSPS) is 15.2. The van der Waals surface area contributed by atoms with Gasteiger partial charge in [-0.3, -0.25) is 10.00 Å². The van der Waals surface area contributed by atoms with E-state index in [1.807, 2.05) is 6.07 Å². The highest BCUT2D eigenvalue weighted by molar-refractivity contribution is 7.15. The van der Waals surface area contributed by atoms with E-state index in [-0.39, 0.29) is 0 Å². The lowest BCUT2D eigenvalue weighted by atomic mass is 10.1. The predicted octanol–water partition coefficient (Wildman–Crippen LogP) is 4.03. The molecule has 0 atom stereocenters. The summed E-state index contributed by atoms with van der Waals surface area (Å²) in [5.74, 6) is -1.06. The third-order valence-corrected chi connectivity index (χ3v) is 6.21. The van der Waals surface area contributed by atoms with E-state index in [0.717, 1.165) is 48.7 Å². The van der Waals surface area contributed by atoms with Crippen LogP contribution in [0.2, 0.25) is 0 Å². The Morgan fingerprint density at radius 2 is 2.07 bits per heavy atom. The number of para-hydroxylation sites is 1. The fraction of sp³-hybridized carbons (Fsp3) is 0.238. The van der Waals surface area contributed by atoms with Gasteiger partial charge in [0.05, 0.1) is 18.9 Å². The third kappa shape index (κ3) is 3.50. The molecular weight excluding hydrogens is 391 g/mol. The van der Waals surface area contributed by atoms with Crippen LogP contribution in [0.25, 0.3) is 32.7 Å². The van der Waals surface area contributed by atoms with Gasteiger partial charge in [0.25, 0.3) is 0 Å². The van der Waals surface area contributed by atoms with Crippen molar-refractivity contribution in [3.8, 4) is 27.4 Å². The van der Waals surface area contributed by atoms with Gasteiger partial charge in [-0.05, 0) is 30.3 Å². The van der Waals surface area contributed by atoms with Crippen molar-refractivity contribution in [2.45, 2.75) is 6.54 Å². The van der Waals surface area contributed by atoms with Gasteiger partial charge in [0.2, 0.25) is 0 Å². The van der Waals surface area contributed by atoms with Crippen LogP contribution in [0.4, 0.5) is 4.39 Å². The average Bonchev–Trinajstić information content (AvgIpc) is 3.37. The van der Waals surface area contributed by atoms with Crippen LogP contribution in [-0.4, -0.2) is 51.5 Å². The predicted molar refractivity (Wildman–Crippen MR) is 110 cm³/mol. The molecule has 0 radical (unpaired) electrons. The molecule has 0 saturated carbocycles. The number of aromatic hydroxyl groups is 1. The number of aromatic amines is 1. The molecule has 3 aromatic heterocycles. The molecule has 148 valence electrons. The minimum Gasteiger partial charge on any atom is -0.504 e. The first kappa shape index (κ1) is 18.2. The standard InChI is InChI=1S/C21H19FN4O2S/c22-17-3-1-2-15(20(17)27)19-16-10-13(11-23-21(16)25-24-19)18-5-4-14(29-18)12-26-6-8-28-9-7-26/h1-5,10-11,27H,6-9,12H2,(H,23,24,25). The van der Waals surface area contributed by atoms with Crippen molar-refractivity contribution in [1.82, 2.24) is 20.1 Å². The first-order chi connectivity index (χ1) is 14.2. The number of hydrogen-bond donors (Lipinski definition) is 2. The average molecular weight is 410 g/mol. The lowest BCUT2D eigenvalue weighted by Crippen LogP contribution is -2.35. The maximum Gasteiger partial charge on any atom is 0.181 e. The summed E-state index contributed by atoms with van der Waals surface area (Å²) in [6.07, 6.45) is 1.79. The van der Waals surface area contributed by atoms with E-state index in [2.05, 4.69) is 32.2 Å². The van der Waals surface area contributed by atoms with Crippen molar-refractivity contribution in [2.24, 2.45) is 0 Å². The van der Waals surface area contributed by atoms with E-state index in [9.17, 15) is 9.50 Å². The number of aromatic nitrogens is 3. The molecular formula is C21H19FN4O2S. The molecule has 1 aliphatic heterocycles. The van der Waals surface area contributed by atoms with Crippen LogP contribution in [0, 0.1) is 5.82 Å². The molecule has 0 amide bonds. The molecule has 0 bridgehead atoms. The molecule has 6 nitrogen and oxygen atoms in total. The lowest BCUT2D eigenvalue weighted by Gasteiger charge is -2.25. The van der Waals surface area contributed by atoms with E-state index in [1.54, 1.807) is 29.7 Å². The van der Waals surface area contributed by atoms with Crippen LogP contribution < -0.4 is 0 Å². The van der Waals surface area contributed by atoms with Gasteiger partial charge in [0.15, 0.2) is 17.2 Å². The summed E-state index contributed by atoms with van der Waals surface area (Å²) >= 11 is 1.74. The smallest absolute Gasteiger partial charge is 0.181 e. The number of ether oxygens (including phenoxy) is 1. The number of nitrogens with zero attached hydrogens (tertiary/aromatic N) is 3. The second kappa shape index (κ2) is 7.55. The van der Waals surface area contributed by atoms with Crippen LogP contribution in [0.3, 0.4) is 0 Å². The minimum atomic E-state index is -0.666. The van der Waals surface area contributed by atoms with Gasteiger partial charge >= 0.3 is 0 Å². The summed E-state index contributed by atoms with van der Waals surface area (Å²) in [6.45, 7) is 4.40. The number of H-pyrrole nitrogens is 1. The molecule has 2 N–H and O–H groups in total. The number of pyridine rings is 1. The minimum absolute atomic E-state index is 0.366. The number of halogens is 1. The van der Waals surface area contributed by atoms with E-state index in [0.29, 0.717) is 16.9 Å². The Kier molecular flexibility index (Phi) is 4.75. The highest BCUT2D eigenvalue weighted by Gasteiger charge is 2.17. The number of fused-ring (bicyclic) bond motifs is 1. The summed E-state index contributed by atoms with van der Waals surface area (Å²) < 4.78 is 19.2. The van der Waals surface area contributed by atoms with Crippen LogP contribution in [0.1, 0.15) is 4.88 Å². The highest BCUT2D eigenvalue weighted by atomic mass is 32.1. The third-order valence-electron chi connectivity index (χ3n) is 5.10. The van der Waals surface area contributed by atoms with E-state index < -0.39 is 11.6 Å². The zero-order valence-corrected chi connectivity index (χ0v) is 16.4. The Morgan fingerprint density at radius 3 is 2.93 bits per heavy atom. The first-order valence-electron chi connectivity index (χ1n) is 9.40. The van der Waals surface area contributed by atoms with Crippen molar-refractivity contribution in [3.63, 3.8) is 0 Å². The maximum absolute atomic E-state index is 13.8. The van der Waals surface area contributed by atoms with Gasteiger partial charge in [0.1, 0.15) is 0 Å². The lowest BCUT2D eigenvalue weighted by molar-refractivity contribution is 0.0346. The van der Waals surface area contributed by atoms with Gasteiger partial charge in [-0.1, -0.05) is 6.07 Å². The Balaban J connectivity index is 1.48. The van der Waals surface area contributed by atoms with Gasteiger partial charge in [-0.25, -0.2) is 9.37 Å². The highest BCUT2D eigenvalue weighted by Crippen LogP contribution is 2.36. The number of phenolic OH excluding ortho intramolecular Hbond substituents is 1.